The molecule has 5 nitrogen and oxygen atoms in total. The number of aromatic hydroxyl groups is 2. The van der Waals surface area contributed by atoms with Crippen LogP contribution >= 0.6 is 0 Å². The van der Waals surface area contributed by atoms with E-state index in [0.717, 1.165) is 16.7 Å². The number of methoxy groups -OCH3 is 2. The van der Waals surface area contributed by atoms with Gasteiger partial charge in [0.05, 0.1) is 20.8 Å². The number of benzene rings is 2. The SMILES string of the molecule is COc1cc(O)cc2c1CC(c1ccc(OC)c(CC=C(C)C)c1O)CO2. The number of hydrogen-bond donors (Lipinski definition) is 2. The third kappa shape index (κ3) is 3.82. The van der Waals surface area contributed by atoms with Crippen LogP contribution < -0.4 is 14.2 Å². The van der Waals surface area contributed by atoms with Crippen LogP contribution in [0.2, 0.25) is 0 Å². The first kappa shape index (κ1) is 19.0. The predicted molar refractivity (Wildman–Crippen MR) is 104 cm³/mol. The smallest absolute Gasteiger partial charge is 0.129 e. The van der Waals surface area contributed by atoms with E-state index in [2.05, 4.69) is 6.08 Å². The van der Waals surface area contributed by atoms with Gasteiger partial charge in [-0.3, -0.25) is 0 Å². The van der Waals surface area contributed by atoms with Crippen molar-refractivity contribution in [3.8, 4) is 28.7 Å². The second-order valence-electron chi connectivity index (χ2n) is 7.01. The number of ether oxygens (including phenoxy) is 3. The number of hydrogen-bond acceptors (Lipinski definition) is 5. The number of fused-ring (bicyclic) bond motifs is 1. The number of phenolic OH excluding ortho intramolecular Hbond substituents is 2. The molecule has 0 aromatic heterocycles. The molecule has 5 heteroatoms. The van der Waals surface area contributed by atoms with Crippen LogP contribution in [0.3, 0.4) is 0 Å². The Labute approximate surface area is 159 Å². The Balaban J connectivity index is 1.98. The Hall–Kier alpha value is -2.82. The van der Waals surface area contributed by atoms with Gasteiger partial charge in [-0.2, -0.15) is 0 Å². The molecule has 3 rings (SSSR count). The van der Waals surface area contributed by atoms with Crippen molar-refractivity contribution in [2.24, 2.45) is 0 Å². The lowest BCUT2D eigenvalue weighted by Gasteiger charge is -2.28. The summed E-state index contributed by atoms with van der Waals surface area (Å²) in [4.78, 5) is 0. The first-order valence-electron chi connectivity index (χ1n) is 8.99. The maximum absolute atomic E-state index is 10.9. The number of rotatable bonds is 5. The lowest BCUT2D eigenvalue weighted by Crippen LogP contribution is -2.20. The molecule has 1 aliphatic heterocycles. The minimum absolute atomic E-state index is 0.0210. The minimum atomic E-state index is -0.0210. The van der Waals surface area contributed by atoms with Gasteiger partial charge in [0.1, 0.15) is 28.7 Å². The predicted octanol–water partition coefficient (Wildman–Crippen LogP) is 4.34. The Bertz CT molecular complexity index is 848. The lowest BCUT2D eigenvalue weighted by atomic mass is 9.87. The fourth-order valence-corrected chi connectivity index (χ4v) is 3.47. The van der Waals surface area contributed by atoms with Gasteiger partial charge in [0.2, 0.25) is 0 Å². The molecule has 27 heavy (non-hydrogen) atoms. The molecule has 0 bridgehead atoms. The van der Waals surface area contributed by atoms with Crippen molar-refractivity contribution in [3.05, 3.63) is 52.6 Å². The zero-order valence-corrected chi connectivity index (χ0v) is 16.2. The van der Waals surface area contributed by atoms with Crippen LogP contribution in [0.25, 0.3) is 0 Å². The molecule has 1 aliphatic rings. The number of allylic oxidation sites excluding steroid dienone is 2. The molecule has 0 fully saturated rings. The highest BCUT2D eigenvalue weighted by atomic mass is 16.5. The van der Waals surface area contributed by atoms with Crippen LogP contribution in [0.4, 0.5) is 0 Å². The summed E-state index contributed by atoms with van der Waals surface area (Å²) in [6, 6.07) is 6.97. The molecular formula is C22H26O5. The fourth-order valence-electron chi connectivity index (χ4n) is 3.47. The third-order valence-corrected chi connectivity index (χ3v) is 4.91. The molecule has 1 unspecified atom stereocenters. The van der Waals surface area contributed by atoms with E-state index in [0.29, 0.717) is 36.7 Å². The second-order valence-corrected chi connectivity index (χ2v) is 7.01. The van der Waals surface area contributed by atoms with Crippen molar-refractivity contribution < 1.29 is 24.4 Å². The summed E-state index contributed by atoms with van der Waals surface area (Å²) in [5.41, 5.74) is 3.68. The summed E-state index contributed by atoms with van der Waals surface area (Å²) in [6.07, 6.45) is 3.33. The highest BCUT2D eigenvalue weighted by Crippen LogP contribution is 2.44. The van der Waals surface area contributed by atoms with Gasteiger partial charge >= 0.3 is 0 Å². The highest BCUT2D eigenvalue weighted by Gasteiger charge is 2.28. The number of phenols is 2. The molecule has 0 amide bonds. The maximum Gasteiger partial charge on any atom is 0.129 e. The van der Waals surface area contributed by atoms with Crippen molar-refractivity contribution in [1.29, 1.82) is 0 Å². The first-order chi connectivity index (χ1) is 12.9. The molecule has 2 aromatic carbocycles. The van der Waals surface area contributed by atoms with Crippen molar-refractivity contribution >= 4 is 0 Å². The molecule has 2 aromatic rings. The summed E-state index contributed by atoms with van der Waals surface area (Å²) < 4.78 is 16.7. The van der Waals surface area contributed by atoms with Crippen molar-refractivity contribution in [1.82, 2.24) is 0 Å². The Morgan fingerprint density at radius 2 is 1.89 bits per heavy atom. The van der Waals surface area contributed by atoms with Gasteiger partial charge in [-0.05, 0) is 32.8 Å². The molecule has 0 aliphatic carbocycles. The summed E-state index contributed by atoms with van der Waals surface area (Å²) in [7, 11) is 3.18. The fraction of sp³-hybridized carbons (Fsp3) is 0.364. The zero-order chi connectivity index (χ0) is 19.6. The summed E-state index contributed by atoms with van der Waals surface area (Å²) in [5.74, 6) is 2.23. The summed E-state index contributed by atoms with van der Waals surface area (Å²) >= 11 is 0. The Kier molecular flexibility index (Phi) is 5.49. The average molecular weight is 370 g/mol. The molecular weight excluding hydrogens is 344 g/mol. The third-order valence-electron chi connectivity index (χ3n) is 4.91. The van der Waals surface area contributed by atoms with E-state index in [9.17, 15) is 10.2 Å². The van der Waals surface area contributed by atoms with Crippen molar-refractivity contribution in [2.45, 2.75) is 32.6 Å². The van der Waals surface area contributed by atoms with E-state index < -0.39 is 0 Å². The van der Waals surface area contributed by atoms with Crippen LogP contribution in [0.15, 0.2) is 35.9 Å². The minimum Gasteiger partial charge on any atom is -0.508 e. The highest BCUT2D eigenvalue weighted by molar-refractivity contribution is 5.55. The van der Waals surface area contributed by atoms with E-state index in [-0.39, 0.29) is 17.4 Å². The molecule has 0 radical (unpaired) electrons. The Morgan fingerprint density at radius 1 is 1.15 bits per heavy atom. The first-order valence-corrected chi connectivity index (χ1v) is 8.99. The van der Waals surface area contributed by atoms with Gasteiger partial charge in [0.15, 0.2) is 0 Å². The molecule has 1 atom stereocenters. The molecule has 144 valence electrons. The topological polar surface area (TPSA) is 68.2 Å². The van der Waals surface area contributed by atoms with Crippen LogP contribution in [0.5, 0.6) is 28.7 Å². The van der Waals surface area contributed by atoms with E-state index in [1.165, 1.54) is 5.57 Å². The molecule has 2 N–H and O–H groups in total. The molecule has 0 saturated carbocycles. The van der Waals surface area contributed by atoms with Crippen LogP contribution in [0.1, 0.15) is 36.5 Å². The molecule has 1 heterocycles. The van der Waals surface area contributed by atoms with E-state index >= 15 is 0 Å². The molecule has 0 spiro atoms. The zero-order valence-electron chi connectivity index (χ0n) is 16.2. The van der Waals surface area contributed by atoms with Crippen molar-refractivity contribution in [2.75, 3.05) is 20.8 Å². The largest absolute Gasteiger partial charge is 0.508 e. The summed E-state index contributed by atoms with van der Waals surface area (Å²) in [5, 5.41) is 20.8. The standard InChI is InChI=1S/C22H26O5/c1-13(2)5-6-17-19(25-3)8-7-16(22(17)24)14-9-18-20(26-4)10-15(23)11-21(18)27-12-14/h5,7-8,10-11,14,23-24H,6,9,12H2,1-4H3. The van der Waals surface area contributed by atoms with Gasteiger partial charge in [-0.1, -0.05) is 17.7 Å². The van der Waals surface area contributed by atoms with Gasteiger partial charge in [0, 0.05) is 34.7 Å². The normalized spacial score (nSPS) is 15.5. The average Bonchev–Trinajstić information content (AvgIpc) is 2.65. The second kappa shape index (κ2) is 7.82. The lowest BCUT2D eigenvalue weighted by molar-refractivity contribution is 0.253. The van der Waals surface area contributed by atoms with E-state index in [4.69, 9.17) is 14.2 Å². The summed E-state index contributed by atoms with van der Waals surface area (Å²) in [6.45, 7) is 4.48. The maximum atomic E-state index is 10.9. The molecule has 0 saturated heterocycles. The quantitative estimate of drug-likeness (QED) is 0.766. The van der Waals surface area contributed by atoms with Gasteiger partial charge in [-0.15, -0.1) is 0 Å². The van der Waals surface area contributed by atoms with Gasteiger partial charge < -0.3 is 24.4 Å². The van der Waals surface area contributed by atoms with Gasteiger partial charge in [-0.25, -0.2) is 0 Å². The van der Waals surface area contributed by atoms with Crippen LogP contribution in [-0.2, 0) is 12.8 Å². The Morgan fingerprint density at radius 3 is 2.56 bits per heavy atom. The van der Waals surface area contributed by atoms with Crippen molar-refractivity contribution in [3.63, 3.8) is 0 Å². The van der Waals surface area contributed by atoms with E-state index in [1.54, 1.807) is 26.4 Å². The van der Waals surface area contributed by atoms with Crippen LogP contribution in [-0.4, -0.2) is 31.0 Å². The van der Waals surface area contributed by atoms with Gasteiger partial charge in [0.25, 0.3) is 0 Å². The monoisotopic (exact) mass is 370 g/mol. The van der Waals surface area contributed by atoms with E-state index in [1.807, 2.05) is 26.0 Å². The van der Waals surface area contributed by atoms with Crippen LogP contribution in [0, 0.1) is 0 Å².